The number of rotatable bonds is 6. The van der Waals surface area contributed by atoms with E-state index in [4.69, 9.17) is 4.74 Å². The highest BCUT2D eigenvalue weighted by Crippen LogP contribution is 2.26. The van der Waals surface area contributed by atoms with Gasteiger partial charge in [0.15, 0.2) is 5.96 Å². The Morgan fingerprint density at radius 3 is 2.75 bits per heavy atom. The van der Waals surface area contributed by atoms with Gasteiger partial charge in [-0.2, -0.15) is 0 Å². The molecule has 6 heteroatoms. The van der Waals surface area contributed by atoms with Crippen LogP contribution >= 0.6 is 0 Å². The fourth-order valence-corrected chi connectivity index (χ4v) is 3.39. The van der Waals surface area contributed by atoms with Crippen LogP contribution in [0.3, 0.4) is 0 Å². The number of benzene rings is 2. The van der Waals surface area contributed by atoms with Gasteiger partial charge >= 0.3 is 0 Å². The van der Waals surface area contributed by atoms with Gasteiger partial charge < -0.3 is 20.3 Å². The van der Waals surface area contributed by atoms with Gasteiger partial charge in [-0.15, -0.1) is 0 Å². The Hall–Kier alpha value is -3.02. The number of carbonyl (C=O) groups is 1. The molecule has 3 rings (SSSR count). The molecule has 28 heavy (non-hydrogen) atoms. The minimum atomic E-state index is 0.0461. The Bertz CT molecular complexity index is 835. The number of ether oxygens (including phenoxy) is 1. The van der Waals surface area contributed by atoms with Crippen LogP contribution in [0.4, 0.5) is 5.69 Å². The molecular weight excluding hydrogens is 352 g/mol. The number of nitrogens with one attached hydrogen (secondary N) is 2. The molecule has 2 aromatic rings. The molecular formula is C22H28N4O2. The molecule has 0 atom stereocenters. The van der Waals surface area contributed by atoms with Gasteiger partial charge in [0.2, 0.25) is 5.91 Å². The van der Waals surface area contributed by atoms with Gasteiger partial charge in [-0.1, -0.05) is 36.4 Å². The fraction of sp³-hybridized carbons (Fsp3) is 0.364. The number of hydrogen-bond acceptors (Lipinski definition) is 3. The molecule has 0 radical (unpaired) electrons. The lowest BCUT2D eigenvalue weighted by Gasteiger charge is -2.29. The molecule has 1 aliphatic rings. The summed E-state index contributed by atoms with van der Waals surface area (Å²) in [6.45, 7) is 4.10. The van der Waals surface area contributed by atoms with Gasteiger partial charge in [-0.3, -0.25) is 9.79 Å². The normalized spacial score (nSPS) is 13.6. The average Bonchev–Trinajstić information content (AvgIpc) is 2.74. The van der Waals surface area contributed by atoms with Crippen molar-refractivity contribution in [1.29, 1.82) is 0 Å². The zero-order valence-electron chi connectivity index (χ0n) is 16.6. The van der Waals surface area contributed by atoms with E-state index in [0.717, 1.165) is 36.4 Å². The van der Waals surface area contributed by atoms with Crippen LogP contribution in [-0.4, -0.2) is 38.6 Å². The SMILES string of the molecule is CCOc1ccccc1CNC(=NC)NCC(=O)N1CCCc2ccccc21. The first-order valence-corrected chi connectivity index (χ1v) is 9.76. The zero-order valence-corrected chi connectivity index (χ0v) is 16.6. The summed E-state index contributed by atoms with van der Waals surface area (Å²) in [6, 6.07) is 16.0. The molecule has 0 aromatic heterocycles. The minimum Gasteiger partial charge on any atom is -0.494 e. The number of aliphatic imine (C=N–C) groups is 1. The maximum atomic E-state index is 12.8. The lowest BCUT2D eigenvalue weighted by molar-refractivity contribution is -0.117. The molecule has 2 aromatic carbocycles. The first-order chi connectivity index (χ1) is 13.7. The summed E-state index contributed by atoms with van der Waals surface area (Å²) in [4.78, 5) is 18.8. The zero-order chi connectivity index (χ0) is 19.8. The molecule has 0 spiro atoms. The third-order valence-corrected chi connectivity index (χ3v) is 4.76. The number of anilines is 1. The van der Waals surface area contributed by atoms with Crippen LogP contribution in [0.2, 0.25) is 0 Å². The van der Waals surface area contributed by atoms with Gasteiger partial charge in [0.1, 0.15) is 5.75 Å². The molecule has 1 aliphatic heterocycles. The Labute approximate surface area is 166 Å². The van der Waals surface area contributed by atoms with Crippen molar-refractivity contribution >= 4 is 17.6 Å². The second-order valence-electron chi connectivity index (χ2n) is 6.60. The monoisotopic (exact) mass is 380 g/mol. The standard InChI is InChI=1S/C22H28N4O2/c1-3-28-20-13-7-5-10-18(20)15-24-22(23-2)25-16-21(27)26-14-8-11-17-9-4-6-12-19(17)26/h4-7,9-10,12-13H,3,8,11,14-16H2,1-2H3,(H2,23,24,25). The fourth-order valence-electron chi connectivity index (χ4n) is 3.39. The average molecular weight is 380 g/mol. The van der Waals surface area contributed by atoms with Crippen molar-refractivity contribution in [2.45, 2.75) is 26.3 Å². The first-order valence-electron chi connectivity index (χ1n) is 9.76. The highest BCUT2D eigenvalue weighted by Gasteiger charge is 2.21. The molecule has 0 fully saturated rings. The quantitative estimate of drug-likeness (QED) is 0.597. The Morgan fingerprint density at radius 2 is 1.93 bits per heavy atom. The maximum absolute atomic E-state index is 12.8. The number of nitrogens with zero attached hydrogens (tertiary/aromatic N) is 2. The van der Waals surface area contributed by atoms with Crippen LogP contribution < -0.4 is 20.3 Å². The summed E-state index contributed by atoms with van der Waals surface area (Å²) in [7, 11) is 1.70. The number of amides is 1. The molecule has 148 valence electrons. The second-order valence-corrected chi connectivity index (χ2v) is 6.60. The van der Waals surface area contributed by atoms with Gasteiger partial charge in [0.05, 0.1) is 13.2 Å². The van der Waals surface area contributed by atoms with Crippen LogP contribution in [0.25, 0.3) is 0 Å². The number of hydrogen-bond donors (Lipinski definition) is 2. The Morgan fingerprint density at radius 1 is 1.14 bits per heavy atom. The third kappa shape index (κ3) is 4.82. The minimum absolute atomic E-state index is 0.0461. The summed E-state index contributed by atoms with van der Waals surface area (Å²) >= 11 is 0. The van der Waals surface area contributed by atoms with E-state index in [9.17, 15) is 4.79 Å². The van der Waals surface area contributed by atoms with Crippen molar-refractivity contribution in [3.8, 4) is 5.75 Å². The van der Waals surface area contributed by atoms with E-state index < -0.39 is 0 Å². The summed E-state index contributed by atoms with van der Waals surface area (Å²) in [5.74, 6) is 1.49. The van der Waals surface area contributed by atoms with E-state index in [-0.39, 0.29) is 12.5 Å². The lowest BCUT2D eigenvalue weighted by Crippen LogP contribution is -2.45. The summed E-state index contributed by atoms with van der Waals surface area (Å²) in [5, 5.41) is 6.38. The van der Waals surface area contributed by atoms with Crippen LogP contribution in [-0.2, 0) is 17.8 Å². The third-order valence-electron chi connectivity index (χ3n) is 4.76. The molecule has 6 nitrogen and oxygen atoms in total. The molecule has 1 amide bonds. The van der Waals surface area contributed by atoms with Crippen LogP contribution in [0.5, 0.6) is 5.75 Å². The Balaban J connectivity index is 1.56. The molecule has 0 bridgehead atoms. The van der Waals surface area contributed by atoms with E-state index in [1.54, 1.807) is 7.05 Å². The van der Waals surface area contributed by atoms with E-state index in [0.29, 0.717) is 19.1 Å². The van der Waals surface area contributed by atoms with E-state index >= 15 is 0 Å². The van der Waals surface area contributed by atoms with E-state index in [1.807, 2.05) is 54.3 Å². The smallest absolute Gasteiger partial charge is 0.246 e. The highest BCUT2D eigenvalue weighted by atomic mass is 16.5. The first kappa shape index (κ1) is 19.7. The van der Waals surface area contributed by atoms with Gasteiger partial charge in [0, 0.05) is 31.4 Å². The molecule has 1 heterocycles. The number of aryl methyl sites for hydroxylation is 1. The lowest BCUT2D eigenvalue weighted by atomic mass is 10.0. The van der Waals surface area contributed by atoms with E-state index in [1.165, 1.54) is 5.56 Å². The summed E-state index contributed by atoms with van der Waals surface area (Å²) < 4.78 is 5.65. The summed E-state index contributed by atoms with van der Waals surface area (Å²) in [5.41, 5.74) is 3.30. The van der Waals surface area contributed by atoms with Crippen molar-refractivity contribution < 1.29 is 9.53 Å². The van der Waals surface area contributed by atoms with E-state index in [2.05, 4.69) is 21.7 Å². The van der Waals surface area contributed by atoms with Crippen molar-refractivity contribution in [1.82, 2.24) is 10.6 Å². The van der Waals surface area contributed by atoms with Gasteiger partial charge in [-0.05, 0) is 37.5 Å². The predicted octanol–water partition coefficient (Wildman–Crippen LogP) is 2.73. The molecule has 0 saturated heterocycles. The van der Waals surface area contributed by atoms with Gasteiger partial charge in [-0.25, -0.2) is 0 Å². The Kier molecular flexibility index (Phi) is 6.89. The van der Waals surface area contributed by atoms with Gasteiger partial charge in [0.25, 0.3) is 0 Å². The van der Waals surface area contributed by atoms with Crippen LogP contribution in [0, 0.1) is 0 Å². The van der Waals surface area contributed by atoms with Crippen molar-refractivity contribution in [2.75, 3.05) is 31.6 Å². The number of carbonyl (C=O) groups excluding carboxylic acids is 1. The van der Waals surface area contributed by atoms with Crippen LogP contribution in [0.15, 0.2) is 53.5 Å². The van der Waals surface area contributed by atoms with Crippen molar-refractivity contribution in [2.24, 2.45) is 4.99 Å². The van der Waals surface area contributed by atoms with Crippen molar-refractivity contribution in [3.63, 3.8) is 0 Å². The molecule has 2 N–H and O–H groups in total. The second kappa shape index (κ2) is 9.78. The maximum Gasteiger partial charge on any atom is 0.246 e. The summed E-state index contributed by atoms with van der Waals surface area (Å²) in [6.07, 6.45) is 2.01. The molecule has 0 unspecified atom stereocenters. The van der Waals surface area contributed by atoms with Crippen LogP contribution in [0.1, 0.15) is 24.5 Å². The highest BCUT2D eigenvalue weighted by molar-refractivity contribution is 5.98. The molecule has 0 aliphatic carbocycles. The number of para-hydroxylation sites is 2. The van der Waals surface area contributed by atoms with Crippen molar-refractivity contribution in [3.05, 3.63) is 59.7 Å². The largest absolute Gasteiger partial charge is 0.494 e. The topological polar surface area (TPSA) is 66.0 Å². The number of fused-ring (bicyclic) bond motifs is 1. The predicted molar refractivity (Wildman–Crippen MR) is 113 cm³/mol. The number of guanidine groups is 1. The molecule has 0 saturated carbocycles.